The third kappa shape index (κ3) is 4.91. The van der Waals surface area contributed by atoms with Gasteiger partial charge in [0.25, 0.3) is 0 Å². The van der Waals surface area contributed by atoms with E-state index in [0.29, 0.717) is 12.6 Å². The first-order valence-corrected chi connectivity index (χ1v) is 9.88. The van der Waals surface area contributed by atoms with Gasteiger partial charge in [-0.2, -0.15) is 0 Å². The van der Waals surface area contributed by atoms with Gasteiger partial charge in [-0.3, -0.25) is 0 Å². The van der Waals surface area contributed by atoms with Gasteiger partial charge in [-0.25, -0.2) is 9.98 Å². The molecule has 0 aromatic carbocycles. The monoisotopic (exact) mass is 335 g/mol. The minimum Gasteiger partial charge on any atom is -0.357 e. The fourth-order valence-corrected chi connectivity index (χ4v) is 3.84. The molecule has 2 fully saturated rings. The van der Waals surface area contributed by atoms with E-state index in [2.05, 4.69) is 39.7 Å². The SMILES string of the molecule is CCNC(=NCc1csc(CC)n1)NC1CCN(C2CC2)CC1. The van der Waals surface area contributed by atoms with Gasteiger partial charge in [0, 0.05) is 37.1 Å². The first-order valence-electron chi connectivity index (χ1n) is 9.00. The average molecular weight is 336 g/mol. The summed E-state index contributed by atoms with van der Waals surface area (Å²) in [5, 5.41) is 10.3. The summed E-state index contributed by atoms with van der Waals surface area (Å²) in [6.45, 7) is 8.27. The molecule has 0 radical (unpaired) electrons. The number of nitrogens with one attached hydrogen (secondary N) is 2. The summed E-state index contributed by atoms with van der Waals surface area (Å²) < 4.78 is 0. The Morgan fingerprint density at radius 1 is 1.30 bits per heavy atom. The molecule has 6 heteroatoms. The van der Waals surface area contributed by atoms with Crippen LogP contribution >= 0.6 is 11.3 Å². The van der Waals surface area contributed by atoms with Gasteiger partial charge in [0.15, 0.2) is 5.96 Å². The highest BCUT2D eigenvalue weighted by molar-refractivity contribution is 7.09. The molecule has 1 saturated heterocycles. The van der Waals surface area contributed by atoms with Crippen LogP contribution in [-0.2, 0) is 13.0 Å². The van der Waals surface area contributed by atoms with Crippen molar-refractivity contribution < 1.29 is 0 Å². The van der Waals surface area contributed by atoms with E-state index < -0.39 is 0 Å². The highest BCUT2D eigenvalue weighted by Gasteiger charge is 2.31. The molecular formula is C17H29N5S. The number of rotatable bonds is 6. The van der Waals surface area contributed by atoms with E-state index in [1.807, 2.05) is 0 Å². The van der Waals surface area contributed by atoms with E-state index in [9.17, 15) is 0 Å². The van der Waals surface area contributed by atoms with Gasteiger partial charge in [0.2, 0.25) is 0 Å². The summed E-state index contributed by atoms with van der Waals surface area (Å²) in [7, 11) is 0. The number of guanidine groups is 1. The van der Waals surface area contributed by atoms with Crippen LogP contribution in [0, 0.1) is 0 Å². The van der Waals surface area contributed by atoms with Crippen LogP contribution in [0.2, 0.25) is 0 Å². The van der Waals surface area contributed by atoms with Crippen LogP contribution in [0.4, 0.5) is 0 Å². The number of aryl methyl sites for hydroxylation is 1. The zero-order valence-corrected chi connectivity index (χ0v) is 15.2. The maximum Gasteiger partial charge on any atom is 0.191 e. The molecule has 0 amide bonds. The lowest BCUT2D eigenvalue weighted by molar-refractivity contribution is 0.197. The quantitative estimate of drug-likeness (QED) is 0.619. The molecule has 2 aliphatic rings. The van der Waals surface area contributed by atoms with E-state index in [1.54, 1.807) is 11.3 Å². The molecule has 1 saturated carbocycles. The molecule has 128 valence electrons. The molecular weight excluding hydrogens is 306 g/mol. The predicted octanol–water partition coefficient (Wildman–Crippen LogP) is 2.39. The number of thiazole rings is 1. The van der Waals surface area contributed by atoms with Crippen LogP contribution in [0.25, 0.3) is 0 Å². The Hall–Kier alpha value is -1.14. The Balaban J connectivity index is 1.50. The zero-order valence-electron chi connectivity index (χ0n) is 14.3. The molecule has 2 N–H and O–H groups in total. The van der Waals surface area contributed by atoms with E-state index in [4.69, 9.17) is 4.99 Å². The molecule has 0 bridgehead atoms. The third-order valence-corrected chi connectivity index (χ3v) is 5.62. The fraction of sp³-hybridized carbons (Fsp3) is 0.765. The highest BCUT2D eigenvalue weighted by Crippen LogP contribution is 2.29. The number of hydrogen-bond acceptors (Lipinski definition) is 4. The van der Waals surface area contributed by atoms with Gasteiger partial charge in [-0.05, 0) is 39.0 Å². The average Bonchev–Trinajstić information content (AvgIpc) is 3.32. The summed E-state index contributed by atoms with van der Waals surface area (Å²) in [6.07, 6.45) is 6.27. The maximum atomic E-state index is 4.72. The van der Waals surface area contributed by atoms with Crippen molar-refractivity contribution in [1.29, 1.82) is 0 Å². The highest BCUT2D eigenvalue weighted by atomic mass is 32.1. The summed E-state index contributed by atoms with van der Waals surface area (Å²) in [6, 6.07) is 1.44. The lowest BCUT2D eigenvalue weighted by Crippen LogP contribution is -2.49. The molecule has 0 spiro atoms. The molecule has 3 rings (SSSR count). The fourth-order valence-electron chi connectivity index (χ4n) is 3.11. The Bertz CT molecular complexity index is 515. The zero-order chi connectivity index (χ0) is 16.1. The summed E-state index contributed by atoms with van der Waals surface area (Å²) >= 11 is 1.73. The number of hydrogen-bond donors (Lipinski definition) is 2. The van der Waals surface area contributed by atoms with E-state index in [-0.39, 0.29) is 0 Å². The van der Waals surface area contributed by atoms with Crippen molar-refractivity contribution in [3.05, 3.63) is 16.1 Å². The first kappa shape index (κ1) is 16.7. The molecule has 1 aliphatic carbocycles. The van der Waals surface area contributed by atoms with Gasteiger partial charge in [0.05, 0.1) is 17.2 Å². The first-order chi connectivity index (χ1) is 11.3. The van der Waals surface area contributed by atoms with Crippen LogP contribution in [0.3, 0.4) is 0 Å². The minimum atomic E-state index is 0.546. The van der Waals surface area contributed by atoms with Crippen LogP contribution < -0.4 is 10.6 Å². The summed E-state index contributed by atoms with van der Waals surface area (Å²) in [5.41, 5.74) is 1.08. The van der Waals surface area contributed by atoms with Crippen molar-refractivity contribution >= 4 is 17.3 Å². The van der Waals surface area contributed by atoms with Gasteiger partial charge in [-0.15, -0.1) is 11.3 Å². The molecule has 1 aliphatic heterocycles. The third-order valence-electron chi connectivity index (χ3n) is 4.58. The molecule has 0 atom stereocenters. The number of likely N-dealkylation sites (tertiary alicyclic amines) is 1. The van der Waals surface area contributed by atoms with Gasteiger partial charge in [-0.1, -0.05) is 6.92 Å². The molecule has 0 unspecified atom stereocenters. The molecule has 1 aromatic rings. The largest absolute Gasteiger partial charge is 0.357 e. The number of aliphatic imine (C=N–C) groups is 1. The molecule has 2 heterocycles. The van der Waals surface area contributed by atoms with Gasteiger partial charge < -0.3 is 15.5 Å². The second kappa shape index (κ2) is 8.11. The van der Waals surface area contributed by atoms with E-state index in [1.165, 1.54) is 43.8 Å². The Morgan fingerprint density at radius 3 is 2.70 bits per heavy atom. The summed E-state index contributed by atoms with van der Waals surface area (Å²) in [4.78, 5) is 12.0. The number of aromatic nitrogens is 1. The van der Waals surface area contributed by atoms with Crippen molar-refractivity contribution in [2.75, 3.05) is 19.6 Å². The standard InChI is InChI=1S/C17H29N5S/c1-3-16-20-14(12-23-16)11-19-17(18-4-2)21-13-7-9-22(10-8-13)15-5-6-15/h12-13,15H,3-11H2,1-2H3,(H2,18,19,21). The Kier molecular flexibility index (Phi) is 5.89. The lowest BCUT2D eigenvalue weighted by Gasteiger charge is -2.33. The Morgan fingerprint density at radius 2 is 2.09 bits per heavy atom. The van der Waals surface area contributed by atoms with Crippen LogP contribution in [0.5, 0.6) is 0 Å². The Labute approximate surface area is 143 Å². The van der Waals surface area contributed by atoms with Crippen molar-refractivity contribution in [3.8, 4) is 0 Å². The smallest absolute Gasteiger partial charge is 0.191 e. The maximum absolute atomic E-state index is 4.72. The topological polar surface area (TPSA) is 52.6 Å². The van der Waals surface area contributed by atoms with Gasteiger partial charge in [0.1, 0.15) is 0 Å². The van der Waals surface area contributed by atoms with Crippen molar-refractivity contribution in [3.63, 3.8) is 0 Å². The van der Waals surface area contributed by atoms with Crippen LogP contribution in [0.1, 0.15) is 50.2 Å². The predicted molar refractivity (Wildman–Crippen MR) is 97.1 cm³/mol. The molecule has 5 nitrogen and oxygen atoms in total. The van der Waals surface area contributed by atoms with Crippen LogP contribution in [0.15, 0.2) is 10.4 Å². The minimum absolute atomic E-state index is 0.546. The summed E-state index contributed by atoms with van der Waals surface area (Å²) in [5.74, 6) is 0.934. The van der Waals surface area contributed by atoms with Crippen molar-refractivity contribution in [1.82, 2.24) is 20.5 Å². The van der Waals surface area contributed by atoms with E-state index in [0.717, 1.165) is 30.7 Å². The number of piperidine rings is 1. The van der Waals surface area contributed by atoms with E-state index >= 15 is 0 Å². The number of nitrogens with zero attached hydrogens (tertiary/aromatic N) is 3. The van der Waals surface area contributed by atoms with Crippen molar-refractivity contribution in [2.24, 2.45) is 4.99 Å². The second-order valence-corrected chi connectivity index (χ2v) is 7.41. The second-order valence-electron chi connectivity index (χ2n) is 6.47. The van der Waals surface area contributed by atoms with Crippen LogP contribution in [-0.4, -0.2) is 47.6 Å². The lowest BCUT2D eigenvalue weighted by atomic mass is 10.1. The molecule has 23 heavy (non-hydrogen) atoms. The van der Waals surface area contributed by atoms with Gasteiger partial charge >= 0.3 is 0 Å². The molecule has 1 aromatic heterocycles. The van der Waals surface area contributed by atoms with Crippen molar-refractivity contribution in [2.45, 2.75) is 64.6 Å². The normalized spacial score (nSPS) is 20.7.